The Bertz CT molecular complexity index is 388. The van der Waals surface area contributed by atoms with E-state index in [0.717, 1.165) is 5.57 Å². The van der Waals surface area contributed by atoms with Crippen LogP contribution in [0.3, 0.4) is 0 Å². The average Bonchev–Trinajstić information content (AvgIpc) is 2.62. The average molecular weight is 224 g/mol. The summed E-state index contributed by atoms with van der Waals surface area (Å²) in [5.74, 6) is -0.220. The minimum atomic E-state index is -0.220. The van der Waals surface area contributed by atoms with E-state index in [1.807, 2.05) is 33.1 Å². The molecule has 0 fully saturated rings. The van der Waals surface area contributed by atoms with Crippen molar-refractivity contribution in [2.75, 3.05) is 6.61 Å². The molecule has 0 aromatic carbocycles. The molecule has 1 aromatic rings. The topological polar surface area (TPSA) is 26.3 Å². The number of hydrogen-bond donors (Lipinski definition) is 0. The van der Waals surface area contributed by atoms with Gasteiger partial charge in [0.2, 0.25) is 0 Å². The lowest BCUT2D eigenvalue weighted by atomic mass is 10.1. The van der Waals surface area contributed by atoms with Gasteiger partial charge in [-0.25, -0.2) is 4.79 Å². The molecular formula is C12H16O2S. The van der Waals surface area contributed by atoms with Crippen LogP contribution < -0.4 is 0 Å². The fraction of sp³-hybridized carbons (Fsp3) is 0.417. The van der Waals surface area contributed by atoms with Crippen LogP contribution in [0.25, 0.3) is 5.57 Å². The highest BCUT2D eigenvalue weighted by Crippen LogP contribution is 2.27. The van der Waals surface area contributed by atoms with Crippen LogP contribution in [0.5, 0.6) is 0 Å². The molecule has 0 N–H and O–H groups in total. The number of aryl methyl sites for hydroxylation is 1. The van der Waals surface area contributed by atoms with Gasteiger partial charge in [0.1, 0.15) is 0 Å². The van der Waals surface area contributed by atoms with E-state index in [1.54, 1.807) is 11.3 Å². The summed E-state index contributed by atoms with van der Waals surface area (Å²) >= 11 is 1.66. The Balaban J connectivity index is 3.00. The van der Waals surface area contributed by atoms with Gasteiger partial charge in [-0.1, -0.05) is 0 Å². The van der Waals surface area contributed by atoms with Gasteiger partial charge in [-0.15, -0.1) is 11.3 Å². The van der Waals surface area contributed by atoms with Crippen LogP contribution >= 0.6 is 11.3 Å². The number of rotatable bonds is 3. The van der Waals surface area contributed by atoms with E-state index in [4.69, 9.17) is 4.74 Å². The SMILES string of the molecule is CCOC(=O)/C(C)=C(/C)c1sccc1C. The molecule has 0 atom stereocenters. The van der Waals surface area contributed by atoms with Gasteiger partial charge in [0.15, 0.2) is 0 Å². The molecule has 15 heavy (non-hydrogen) atoms. The summed E-state index contributed by atoms with van der Waals surface area (Å²) in [5.41, 5.74) is 2.92. The summed E-state index contributed by atoms with van der Waals surface area (Å²) in [6, 6.07) is 2.06. The van der Waals surface area contributed by atoms with Gasteiger partial charge in [-0.3, -0.25) is 0 Å². The number of thiophene rings is 1. The highest BCUT2D eigenvalue weighted by molar-refractivity contribution is 7.11. The van der Waals surface area contributed by atoms with Crippen LogP contribution in [0.15, 0.2) is 17.0 Å². The normalized spacial score (nSPS) is 12.3. The van der Waals surface area contributed by atoms with Crippen LogP contribution in [0.1, 0.15) is 31.2 Å². The third-order valence-corrected chi connectivity index (χ3v) is 3.48. The number of esters is 1. The molecule has 0 aliphatic carbocycles. The van der Waals surface area contributed by atoms with Gasteiger partial charge in [-0.2, -0.15) is 0 Å². The van der Waals surface area contributed by atoms with E-state index >= 15 is 0 Å². The third kappa shape index (κ3) is 2.69. The van der Waals surface area contributed by atoms with E-state index in [0.29, 0.717) is 12.2 Å². The molecule has 0 aliphatic heterocycles. The second-order valence-electron chi connectivity index (χ2n) is 3.40. The Morgan fingerprint density at radius 2 is 2.13 bits per heavy atom. The van der Waals surface area contributed by atoms with Gasteiger partial charge < -0.3 is 4.74 Å². The van der Waals surface area contributed by atoms with Crippen LogP contribution in [-0.4, -0.2) is 12.6 Å². The first-order chi connectivity index (χ1) is 7.07. The molecule has 0 aliphatic rings. The van der Waals surface area contributed by atoms with E-state index in [9.17, 15) is 4.79 Å². The van der Waals surface area contributed by atoms with Crippen LogP contribution in [0.2, 0.25) is 0 Å². The number of carbonyl (C=O) groups is 1. The zero-order valence-corrected chi connectivity index (χ0v) is 10.4. The Morgan fingerprint density at radius 1 is 1.47 bits per heavy atom. The van der Waals surface area contributed by atoms with Gasteiger partial charge in [0.25, 0.3) is 0 Å². The smallest absolute Gasteiger partial charge is 0.334 e. The molecule has 3 heteroatoms. The van der Waals surface area contributed by atoms with Crippen molar-refractivity contribution in [3.05, 3.63) is 27.5 Å². The molecule has 82 valence electrons. The standard InChI is InChI=1S/C12H16O2S/c1-5-14-12(13)10(4)9(3)11-8(2)6-7-15-11/h6-7H,5H2,1-4H3/b10-9-. The van der Waals surface area contributed by atoms with Crippen molar-refractivity contribution in [2.45, 2.75) is 27.7 Å². The first-order valence-corrected chi connectivity index (χ1v) is 5.85. The summed E-state index contributed by atoms with van der Waals surface area (Å²) in [4.78, 5) is 12.7. The number of carbonyl (C=O) groups excluding carboxylic acids is 1. The third-order valence-electron chi connectivity index (χ3n) is 2.35. The van der Waals surface area contributed by atoms with E-state index < -0.39 is 0 Å². The summed E-state index contributed by atoms with van der Waals surface area (Å²) in [7, 11) is 0. The number of ether oxygens (including phenoxy) is 1. The van der Waals surface area contributed by atoms with Gasteiger partial charge in [-0.05, 0) is 50.3 Å². The number of hydrogen-bond acceptors (Lipinski definition) is 3. The van der Waals surface area contributed by atoms with Crippen molar-refractivity contribution in [2.24, 2.45) is 0 Å². The van der Waals surface area contributed by atoms with Crippen LogP contribution in [-0.2, 0) is 9.53 Å². The van der Waals surface area contributed by atoms with E-state index in [2.05, 4.69) is 6.07 Å². The molecular weight excluding hydrogens is 208 g/mol. The Morgan fingerprint density at radius 3 is 2.60 bits per heavy atom. The molecule has 0 saturated carbocycles. The van der Waals surface area contributed by atoms with E-state index in [1.165, 1.54) is 10.4 Å². The number of allylic oxidation sites excluding steroid dienone is 1. The second-order valence-corrected chi connectivity index (χ2v) is 4.32. The summed E-state index contributed by atoms with van der Waals surface area (Å²) < 4.78 is 4.97. The molecule has 1 rings (SSSR count). The zero-order valence-electron chi connectivity index (χ0n) is 9.59. The lowest BCUT2D eigenvalue weighted by Crippen LogP contribution is -2.06. The Kier molecular flexibility index (Phi) is 4.09. The quantitative estimate of drug-likeness (QED) is 0.581. The minimum Gasteiger partial charge on any atom is -0.463 e. The highest BCUT2D eigenvalue weighted by atomic mass is 32.1. The second kappa shape index (κ2) is 5.12. The largest absolute Gasteiger partial charge is 0.463 e. The molecule has 0 spiro atoms. The maximum atomic E-state index is 11.5. The highest BCUT2D eigenvalue weighted by Gasteiger charge is 2.12. The fourth-order valence-electron chi connectivity index (χ4n) is 1.32. The Labute approximate surface area is 94.6 Å². The molecule has 0 saturated heterocycles. The summed E-state index contributed by atoms with van der Waals surface area (Å²) in [5, 5.41) is 2.03. The monoisotopic (exact) mass is 224 g/mol. The van der Waals surface area contributed by atoms with Crippen LogP contribution in [0.4, 0.5) is 0 Å². The fourth-order valence-corrected chi connectivity index (χ4v) is 2.31. The maximum Gasteiger partial charge on any atom is 0.334 e. The molecule has 1 heterocycles. The zero-order chi connectivity index (χ0) is 11.4. The molecule has 0 amide bonds. The van der Waals surface area contributed by atoms with Crippen molar-refractivity contribution in [1.29, 1.82) is 0 Å². The van der Waals surface area contributed by atoms with Crippen molar-refractivity contribution >= 4 is 22.9 Å². The molecule has 1 aromatic heterocycles. The predicted octanol–water partition coefficient (Wildman–Crippen LogP) is 3.41. The first-order valence-electron chi connectivity index (χ1n) is 4.97. The predicted molar refractivity (Wildman–Crippen MR) is 64.0 cm³/mol. The lowest BCUT2D eigenvalue weighted by molar-refractivity contribution is -0.138. The summed E-state index contributed by atoms with van der Waals surface area (Å²) in [6.07, 6.45) is 0. The van der Waals surface area contributed by atoms with Crippen molar-refractivity contribution in [3.8, 4) is 0 Å². The van der Waals surface area contributed by atoms with Gasteiger partial charge in [0, 0.05) is 10.5 Å². The minimum absolute atomic E-state index is 0.220. The lowest BCUT2D eigenvalue weighted by Gasteiger charge is -2.06. The molecule has 0 radical (unpaired) electrons. The summed E-state index contributed by atoms with van der Waals surface area (Å²) in [6.45, 7) is 8.06. The van der Waals surface area contributed by atoms with Crippen molar-refractivity contribution < 1.29 is 9.53 Å². The molecule has 0 bridgehead atoms. The molecule has 0 unspecified atom stereocenters. The van der Waals surface area contributed by atoms with Gasteiger partial charge in [0.05, 0.1) is 6.61 Å². The maximum absolute atomic E-state index is 11.5. The Hall–Kier alpha value is -1.09. The first kappa shape index (κ1) is 12.0. The van der Waals surface area contributed by atoms with Gasteiger partial charge >= 0.3 is 5.97 Å². The van der Waals surface area contributed by atoms with Crippen molar-refractivity contribution in [1.82, 2.24) is 0 Å². The molecule has 2 nitrogen and oxygen atoms in total. The van der Waals surface area contributed by atoms with Crippen LogP contribution in [0, 0.1) is 6.92 Å². The van der Waals surface area contributed by atoms with Crippen molar-refractivity contribution in [3.63, 3.8) is 0 Å². The van der Waals surface area contributed by atoms with E-state index in [-0.39, 0.29) is 5.97 Å².